The Bertz CT molecular complexity index is 494. The number of ether oxygens (including phenoxy) is 2. The van der Waals surface area contributed by atoms with E-state index in [0.717, 1.165) is 15.8 Å². The SMILES string of the molecule is COc1ccc(CN(C)C2COCC2C(=O)O)cc1Br. The third-order valence-electron chi connectivity index (χ3n) is 3.58. The fourth-order valence-electron chi connectivity index (χ4n) is 2.43. The zero-order valence-corrected chi connectivity index (χ0v) is 13.1. The molecule has 5 nitrogen and oxygen atoms in total. The molecule has 0 saturated carbocycles. The fourth-order valence-corrected chi connectivity index (χ4v) is 3.01. The normalized spacial score (nSPS) is 22.2. The lowest BCUT2D eigenvalue weighted by atomic mass is 10.0. The molecule has 2 rings (SSSR count). The minimum Gasteiger partial charge on any atom is -0.496 e. The monoisotopic (exact) mass is 343 g/mol. The molecule has 0 bridgehead atoms. The lowest BCUT2D eigenvalue weighted by Gasteiger charge is -2.26. The number of rotatable bonds is 5. The van der Waals surface area contributed by atoms with Crippen molar-refractivity contribution in [1.29, 1.82) is 0 Å². The van der Waals surface area contributed by atoms with Crippen molar-refractivity contribution in [2.45, 2.75) is 12.6 Å². The van der Waals surface area contributed by atoms with Gasteiger partial charge in [-0.2, -0.15) is 0 Å². The van der Waals surface area contributed by atoms with Crippen LogP contribution in [0.1, 0.15) is 5.56 Å². The van der Waals surface area contributed by atoms with Crippen LogP contribution in [0.5, 0.6) is 5.75 Å². The molecule has 0 amide bonds. The number of carboxylic acid groups (broad SMARTS) is 1. The molecule has 1 fully saturated rings. The molecule has 6 heteroatoms. The van der Waals surface area contributed by atoms with Crippen LogP contribution in [0.15, 0.2) is 22.7 Å². The highest BCUT2D eigenvalue weighted by atomic mass is 79.9. The summed E-state index contributed by atoms with van der Waals surface area (Å²) in [5.74, 6) is -0.471. The maximum absolute atomic E-state index is 11.2. The number of carboxylic acids is 1. The predicted octanol–water partition coefficient (Wildman–Crippen LogP) is 1.99. The molecule has 0 radical (unpaired) electrons. The van der Waals surface area contributed by atoms with Gasteiger partial charge < -0.3 is 14.6 Å². The first-order valence-corrected chi connectivity index (χ1v) is 7.15. The second-order valence-electron chi connectivity index (χ2n) is 4.93. The smallest absolute Gasteiger partial charge is 0.310 e. The summed E-state index contributed by atoms with van der Waals surface area (Å²) in [5, 5.41) is 9.18. The van der Waals surface area contributed by atoms with Crippen molar-refractivity contribution in [2.24, 2.45) is 5.92 Å². The van der Waals surface area contributed by atoms with Gasteiger partial charge in [0, 0.05) is 12.6 Å². The van der Waals surface area contributed by atoms with Gasteiger partial charge in [0.05, 0.1) is 30.7 Å². The van der Waals surface area contributed by atoms with Crippen LogP contribution < -0.4 is 4.74 Å². The molecule has 110 valence electrons. The second-order valence-corrected chi connectivity index (χ2v) is 5.79. The first-order valence-electron chi connectivity index (χ1n) is 6.36. The molecule has 1 heterocycles. The Kier molecular flexibility index (Phi) is 5.01. The maximum Gasteiger partial charge on any atom is 0.310 e. The summed E-state index contributed by atoms with van der Waals surface area (Å²) in [5.41, 5.74) is 1.09. The van der Waals surface area contributed by atoms with E-state index in [1.165, 1.54) is 0 Å². The quantitative estimate of drug-likeness (QED) is 0.885. The Labute approximate surface area is 126 Å². The highest BCUT2D eigenvalue weighted by Gasteiger charge is 2.36. The number of carbonyl (C=O) groups is 1. The number of hydrogen-bond acceptors (Lipinski definition) is 4. The van der Waals surface area contributed by atoms with E-state index in [1.54, 1.807) is 7.11 Å². The zero-order valence-electron chi connectivity index (χ0n) is 11.5. The van der Waals surface area contributed by atoms with Crippen molar-refractivity contribution in [3.8, 4) is 5.75 Å². The molecule has 1 aromatic rings. The molecule has 0 spiro atoms. The number of methoxy groups -OCH3 is 1. The van der Waals surface area contributed by atoms with Crippen LogP contribution in [-0.2, 0) is 16.1 Å². The van der Waals surface area contributed by atoms with Gasteiger partial charge in [-0.05, 0) is 40.7 Å². The molecule has 2 unspecified atom stereocenters. The topological polar surface area (TPSA) is 59.0 Å². The van der Waals surface area contributed by atoms with Crippen LogP contribution in [0.4, 0.5) is 0 Å². The number of nitrogens with zero attached hydrogens (tertiary/aromatic N) is 1. The highest BCUT2D eigenvalue weighted by Crippen LogP contribution is 2.27. The third-order valence-corrected chi connectivity index (χ3v) is 4.20. The predicted molar refractivity (Wildman–Crippen MR) is 77.9 cm³/mol. The fraction of sp³-hybridized carbons (Fsp3) is 0.500. The number of halogens is 1. The maximum atomic E-state index is 11.2. The Hall–Kier alpha value is -1.11. The van der Waals surface area contributed by atoms with Crippen LogP contribution in [0.2, 0.25) is 0 Å². The summed E-state index contributed by atoms with van der Waals surface area (Å²) in [6.45, 7) is 1.42. The van der Waals surface area contributed by atoms with E-state index in [0.29, 0.717) is 13.2 Å². The van der Waals surface area contributed by atoms with Crippen molar-refractivity contribution in [1.82, 2.24) is 4.90 Å². The average Bonchev–Trinajstić information content (AvgIpc) is 2.88. The molecule has 1 aliphatic rings. The van der Waals surface area contributed by atoms with E-state index in [-0.39, 0.29) is 12.6 Å². The molecule has 0 aliphatic carbocycles. The van der Waals surface area contributed by atoms with E-state index in [2.05, 4.69) is 15.9 Å². The molecular weight excluding hydrogens is 326 g/mol. The lowest BCUT2D eigenvalue weighted by molar-refractivity contribution is -0.143. The summed E-state index contributed by atoms with van der Waals surface area (Å²) in [6, 6.07) is 5.77. The summed E-state index contributed by atoms with van der Waals surface area (Å²) in [6.07, 6.45) is 0. The van der Waals surface area contributed by atoms with Gasteiger partial charge >= 0.3 is 5.97 Å². The van der Waals surface area contributed by atoms with E-state index < -0.39 is 11.9 Å². The number of benzene rings is 1. The summed E-state index contributed by atoms with van der Waals surface area (Å²) in [4.78, 5) is 13.2. The molecule has 1 aromatic carbocycles. The first kappa shape index (κ1) is 15.3. The highest BCUT2D eigenvalue weighted by molar-refractivity contribution is 9.10. The molecule has 20 heavy (non-hydrogen) atoms. The molecule has 2 atom stereocenters. The largest absolute Gasteiger partial charge is 0.496 e. The van der Waals surface area contributed by atoms with Gasteiger partial charge in [-0.3, -0.25) is 9.69 Å². The number of aliphatic carboxylic acids is 1. The van der Waals surface area contributed by atoms with E-state index in [9.17, 15) is 9.90 Å². The Morgan fingerprint density at radius 2 is 2.30 bits per heavy atom. The summed E-state index contributed by atoms with van der Waals surface area (Å²) < 4.78 is 11.4. The standard InChI is InChI=1S/C14H18BrNO4/c1-16(12-8-20-7-10(12)14(17)18)6-9-3-4-13(19-2)11(15)5-9/h3-5,10,12H,6-8H2,1-2H3,(H,17,18). The van der Waals surface area contributed by atoms with Crippen LogP contribution >= 0.6 is 15.9 Å². The zero-order chi connectivity index (χ0) is 14.7. The van der Waals surface area contributed by atoms with Crippen molar-refractivity contribution in [2.75, 3.05) is 27.4 Å². The Morgan fingerprint density at radius 3 is 2.90 bits per heavy atom. The molecule has 0 aromatic heterocycles. The first-order chi connectivity index (χ1) is 9.52. The van der Waals surface area contributed by atoms with E-state index in [1.807, 2.05) is 30.1 Å². The molecule has 1 saturated heterocycles. The van der Waals surface area contributed by atoms with Crippen LogP contribution in [-0.4, -0.2) is 49.4 Å². The van der Waals surface area contributed by atoms with Gasteiger partial charge in [0.15, 0.2) is 0 Å². The van der Waals surface area contributed by atoms with Crippen molar-refractivity contribution < 1.29 is 19.4 Å². The van der Waals surface area contributed by atoms with Gasteiger partial charge in [0.2, 0.25) is 0 Å². The second kappa shape index (κ2) is 6.56. The van der Waals surface area contributed by atoms with Crippen LogP contribution in [0.25, 0.3) is 0 Å². The molecule has 1 aliphatic heterocycles. The van der Waals surface area contributed by atoms with Crippen molar-refractivity contribution in [3.63, 3.8) is 0 Å². The van der Waals surface area contributed by atoms with E-state index >= 15 is 0 Å². The molecule has 1 N–H and O–H groups in total. The van der Waals surface area contributed by atoms with E-state index in [4.69, 9.17) is 9.47 Å². The minimum absolute atomic E-state index is 0.0895. The van der Waals surface area contributed by atoms with Gasteiger partial charge in [0.1, 0.15) is 5.75 Å². The van der Waals surface area contributed by atoms with Gasteiger partial charge in [-0.15, -0.1) is 0 Å². The Morgan fingerprint density at radius 1 is 1.55 bits per heavy atom. The summed E-state index contributed by atoms with van der Waals surface area (Å²) >= 11 is 3.45. The van der Waals surface area contributed by atoms with Gasteiger partial charge in [-0.1, -0.05) is 6.07 Å². The summed E-state index contributed by atoms with van der Waals surface area (Å²) in [7, 11) is 3.55. The average molecular weight is 344 g/mol. The van der Waals surface area contributed by atoms with Gasteiger partial charge in [0.25, 0.3) is 0 Å². The number of hydrogen-bond donors (Lipinski definition) is 1. The minimum atomic E-state index is -0.796. The lowest BCUT2D eigenvalue weighted by Crippen LogP contribution is -2.40. The van der Waals surface area contributed by atoms with Crippen molar-refractivity contribution >= 4 is 21.9 Å². The molecular formula is C14H18BrNO4. The van der Waals surface area contributed by atoms with Gasteiger partial charge in [-0.25, -0.2) is 0 Å². The van der Waals surface area contributed by atoms with Crippen molar-refractivity contribution in [3.05, 3.63) is 28.2 Å². The third kappa shape index (κ3) is 3.31. The Balaban J connectivity index is 2.05. The number of likely N-dealkylation sites (N-methyl/N-ethyl adjacent to an activating group) is 1. The van der Waals surface area contributed by atoms with Crippen LogP contribution in [0, 0.1) is 5.92 Å². The van der Waals surface area contributed by atoms with Crippen LogP contribution in [0.3, 0.4) is 0 Å².